The highest BCUT2D eigenvalue weighted by atomic mass is 19.1. The van der Waals surface area contributed by atoms with Gasteiger partial charge in [-0.15, -0.1) is 0 Å². The maximum atomic E-state index is 13.0. The summed E-state index contributed by atoms with van der Waals surface area (Å²) in [4.78, 5) is 28.2. The van der Waals surface area contributed by atoms with Crippen LogP contribution in [0.25, 0.3) is 0 Å². The van der Waals surface area contributed by atoms with E-state index in [1.807, 2.05) is 0 Å². The number of aliphatic hydroxyl groups is 1. The molecule has 1 aromatic heterocycles. The molecule has 0 spiro atoms. The molecule has 0 unspecified atom stereocenters. The van der Waals surface area contributed by atoms with Gasteiger partial charge in [-0.1, -0.05) is 0 Å². The Bertz CT molecular complexity index is 850. The predicted octanol–water partition coefficient (Wildman–Crippen LogP) is 2.00. The van der Waals surface area contributed by atoms with Gasteiger partial charge in [0.05, 0.1) is 25.2 Å². The molecule has 0 aliphatic carbocycles. The first-order valence-corrected chi connectivity index (χ1v) is 10.3. The van der Waals surface area contributed by atoms with Gasteiger partial charge in [0.25, 0.3) is 0 Å². The number of hydrogen-bond donors (Lipinski definition) is 4. The van der Waals surface area contributed by atoms with Gasteiger partial charge < -0.3 is 25.8 Å². The Morgan fingerprint density at radius 3 is 2.58 bits per heavy atom. The fourth-order valence-electron chi connectivity index (χ4n) is 3.50. The number of pyridine rings is 1. The van der Waals surface area contributed by atoms with Crippen LogP contribution in [0.1, 0.15) is 24.8 Å². The van der Waals surface area contributed by atoms with Crippen LogP contribution in [0.2, 0.25) is 0 Å². The van der Waals surface area contributed by atoms with Gasteiger partial charge in [-0.2, -0.15) is 0 Å². The molecule has 1 aliphatic rings. The quantitative estimate of drug-likeness (QED) is 0.512. The summed E-state index contributed by atoms with van der Waals surface area (Å²) in [5.74, 6) is -0.454. The predicted molar refractivity (Wildman–Crippen MR) is 113 cm³/mol. The van der Waals surface area contributed by atoms with Crippen LogP contribution in [0.4, 0.5) is 14.9 Å². The van der Waals surface area contributed by atoms with Crippen molar-refractivity contribution in [3.05, 3.63) is 60.2 Å². The number of nitrogens with one attached hydrogen (secondary N) is 3. The largest absolute Gasteiger partial charge is 0.394 e. The summed E-state index contributed by atoms with van der Waals surface area (Å²) in [6, 6.07) is 8.27. The summed E-state index contributed by atoms with van der Waals surface area (Å²) < 4.78 is 18.9. The average Bonchev–Trinajstić information content (AvgIpc) is 2.77. The van der Waals surface area contributed by atoms with Crippen molar-refractivity contribution in [3.8, 4) is 0 Å². The number of benzene rings is 1. The van der Waals surface area contributed by atoms with Crippen molar-refractivity contribution in [1.82, 2.24) is 15.6 Å². The van der Waals surface area contributed by atoms with Crippen LogP contribution in [0.5, 0.6) is 0 Å². The van der Waals surface area contributed by atoms with E-state index in [2.05, 4.69) is 20.9 Å². The lowest BCUT2D eigenvalue weighted by Gasteiger charge is -2.36. The van der Waals surface area contributed by atoms with Gasteiger partial charge in [-0.05, 0) is 61.2 Å². The molecule has 0 saturated carbocycles. The van der Waals surface area contributed by atoms with Gasteiger partial charge in [-0.25, -0.2) is 9.18 Å². The van der Waals surface area contributed by atoms with E-state index in [9.17, 15) is 19.1 Å². The normalized spacial score (nSPS) is 20.6. The van der Waals surface area contributed by atoms with E-state index in [4.69, 9.17) is 4.74 Å². The first-order chi connectivity index (χ1) is 15.0. The SMILES string of the molecule is O=C(Cc1ccncc1)NCC[C@@H]1CC[C@H](NC(=O)Nc2ccc(F)cc2)[C@H](CO)O1. The molecule has 1 fully saturated rings. The van der Waals surface area contributed by atoms with Gasteiger partial charge in [0.15, 0.2) is 0 Å². The summed E-state index contributed by atoms with van der Waals surface area (Å²) in [6.07, 6.45) is 4.89. The smallest absolute Gasteiger partial charge is 0.319 e. The first-order valence-electron chi connectivity index (χ1n) is 10.3. The molecule has 3 amide bonds. The van der Waals surface area contributed by atoms with Crippen molar-refractivity contribution in [2.24, 2.45) is 0 Å². The molecule has 9 heteroatoms. The minimum atomic E-state index is -0.537. The maximum absolute atomic E-state index is 13.0. The van der Waals surface area contributed by atoms with Crippen LogP contribution in [0, 0.1) is 5.82 Å². The van der Waals surface area contributed by atoms with E-state index in [0.29, 0.717) is 37.9 Å². The second-order valence-electron chi connectivity index (χ2n) is 7.44. The van der Waals surface area contributed by atoms with Gasteiger partial charge in [-0.3, -0.25) is 9.78 Å². The fourth-order valence-corrected chi connectivity index (χ4v) is 3.50. The molecule has 1 saturated heterocycles. The number of amides is 3. The second kappa shape index (κ2) is 11.4. The summed E-state index contributed by atoms with van der Waals surface area (Å²) in [6.45, 7) is 0.238. The number of carbonyl (C=O) groups excluding carboxylic acids is 2. The lowest BCUT2D eigenvalue weighted by Crippen LogP contribution is -2.52. The van der Waals surface area contributed by atoms with Gasteiger partial charge in [0, 0.05) is 24.6 Å². The third-order valence-corrected chi connectivity index (χ3v) is 5.12. The average molecular weight is 430 g/mol. The zero-order valence-electron chi connectivity index (χ0n) is 17.1. The molecular formula is C22H27FN4O4. The number of hydrogen-bond acceptors (Lipinski definition) is 5. The summed E-state index contributed by atoms with van der Waals surface area (Å²) in [7, 11) is 0. The molecule has 1 aliphatic heterocycles. The Kier molecular flexibility index (Phi) is 8.31. The van der Waals surface area contributed by atoms with E-state index in [1.165, 1.54) is 24.3 Å². The van der Waals surface area contributed by atoms with Crippen LogP contribution in [0.15, 0.2) is 48.8 Å². The van der Waals surface area contributed by atoms with Crippen molar-refractivity contribution in [1.29, 1.82) is 0 Å². The Morgan fingerprint density at radius 2 is 1.87 bits per heavy atom. The Balaban J connectivity index is 1.39. The van der Waals surface area contributed by atoms with E-state index in [0.717, 1.165) is 5.56 Å². The van der Waals surface area contributed by atoms with Crippen LogP contribution in [0.3, 0.4) is 0 Å². The van der Waals surface area contributed by atoms with E-state index >= 15 is 0 Å². The van der Waals surface area contributed by atoms with Gasteiger partial charge >= 0.3 is 6.03 Å². The Hall–Kier alpha value is -3.04. The molecule has 0 radical (unpaired) electrons. The highest BCUT2D eigenvalue weighted by Crippen LogP contribution is 2.22. The summed E-state index contributed by atoms with van der Waals surface area (Å²) in [5, 5.41) is 18.0. The fraction of sp³-hybridized carbons (Fsp3) is 0.409. The van der Waals surface area contributed by atoms with Gasteiger partial charge in [0.2, 0.25) is 5.91 Å². The summed E-state index contributed by atoms with van der Waals surface area (Å²) >= 11 is 0. The monoisotopic (exact) mass is 430 g/mol. The van der Waals surface area contributed by atoms with Crippen molar-refractivity contribution >= 4 is 17.6 Å². The standard InChI is InChI=1S/C22H27FN4O4/c23-16-1-3-17(4-2-16)26-22(30)27-19-6-5-18(31-20(19)14-28)9-12-25-21(29)13-15-7-10-24-11-8-15/h1-4,7-8,10-11,18-20,28H,5-6,9,12-14H2,(H,25,29)(H2,26,27,30)/t18-,19-,20-/m0/s1. The highest BCUT2D eigenvalue weighted by molar-refractivity contribution is 5.89. The Labute approximate surface area is 180 Å². The van der Waals surface area contributed by atoms with Crippen LogP contribution >= 0.6 is 0 Å². The zero-order chi connectivity index (χ0) is 22.1. The molecule has 0 bridgehead atoms. The molecule has 3 rings (SSSR count). The molecule has 31 heavy (non-hydrogen) atoms. The van der Waals surface area contributed by atoms with Crippen LogP contribution < -0.4 is 16.0 Å². The second-order valence-corrected chi connectivity index (χ2v) is 7.44. The number of aromatic nitrogens is 1. The molecule has 3 atom stereocenters. The van der Waals surface area contributed by atoms with E-state index in [1.54, 1.807) is 24.5 Å². The minimum Gasteiger partial charge on any atom is -0.394 e. The lowest BCUT2D eigenvalue weighted by molar-refractivity contribution is -0.121. The molecule has 2 aromatic rings. The minimum absolute atomic E-state index is 0.0716. The number of carbonyl (C=O) groups is 2. The number of nitrogens with zero attached hydrogens (tertiary/aromatic N) is 1. The van der Waals surface area contributed by atoms with Crippen LogP contribution in [-0.2, 0) is 16.0 Å². The topological polar surface area (TPSA) is 113 Å². The number of aliphatic hydroxyl groups excluding tert-OH is 1. The molecule has 8 nitrogen and oxygen atoms in total. The van der Waals surface area contributed by atoms with E-state index in [-0.39, 0.29) is 30.5 Å². The number of urea groups is 1. The molecular weight excluding hydrogens is 403 g/mol. The lowest BCUT2D eigenvalue weighted by atomic mass is 9.97. The third-order valence-electron chi connectivity index (χ3n) is 5.12. The molecule has 166 valence electrons. The molecule has 4 N–H and O–H groups in total. The first kappa shape index (κ1) is 22.6. The van der Waals surface area contributed by atoms with Crippen molar-refractivity contribution in [2.45, 2.75) is 43.9 Å². The number of halogens is 1. The van der Waals surface area contributed by atoms with Crippen molar-refractivity contribution < 1.29 is 23.8 Å². The Morgan fingerprint density at radius 1 is 1.13 bits per heavy atom. The number of anilines is 1. The zero-order valence-corrected chi connectivity index (χ0v) is 17.1. The summed E-state index contributed by atoms with van der Waals surface area (Å²) in [5.41, 5.74) is 1.37. The number of ether oxygens (including phenoxy) is 1. The van der Waals surface area contributed by atoms with Crippen molar-refractivity contribution in [2.75, 3.05) is 18.5 Å². The highest BCUT2D eigenvalue weighted by Gasteiger charge is 2.31. The third kappa shape index (κ3) is 7.30. The van der Waals surface area contributed by atoms with E-state index < -0.39 is 12.1 Å². The number of rotatable bonds is 8. The maximum Gasteiger partial charge on any atom is 0.319 e. The molecule has 1 aromatic carbocycles. The molecule has 2 heterocycles. The van der Waals surface area contributed by atoms with Gasteiger partial charge in [0.1, 0.15) is 11.9 Å². The van der Waals surface area contributed by atoms with Crippen LogP contribution in [-0.4, -0.2) is 53.4 Å². The van der Waals surface area contributed by atoms with Crippen molar-refractivity contribution in [3.63, 3.8) is 0 Å².